The van der Waals surface area contributed by atoms with E-state index < -0.39 is 32.3 Å². The van der Waals surface area contributed by atoms with Crippen LogP contribution in [0.25, 0.3) is 45.0 Å². The number of aromatic nitrogens is 4. The van der Waals surface area contributed by atoms with Crippen LogP contribution < -0.4 is 39.0 Å². The predicted octanol–water partition coefficient (Wildman–Crippen LogP) is 23.7. The lowest BCUT2D eigenvalue weighted by atomic mass is 9.84. The molecule has 568 valence electrons. The molecule has 4 heterocycles. The summed E-state index contributed by atoms with van der Waals surface area (Å²) < 4.78 is 9.43. The van der Waals surface area contributed by atoms with Gasteiger partial charge in [-0.1, -0.05) is 237 Å². The maximum Gasteiger partial charge on any atom is 0.212 e. The Morgan fingerprint density at radius 3 is 0.837 bits per heavy atom. The van der Waals surface area contributed by atoms with Crippen LogP contribution in [0.5, 0.6) is 0 Å². The number of hydrogen-bond donors (Lipinski definition) is 0. The number of pyridine rings is 4. The van der Waals surface area contributed by atoms with Crippen molar-refractivity contribution < 1.29 is 18.3 Å². The van der Waals surface area contributed by atoms with Crippen molar-refractivity contribution in [2.75, 3.05) is 0 Å². The second-order valence-corrected chi connectivity index (χ2v) is 57.3. The summed E-state index contributed by atoms with van der Waals surface area (Å²) in [5.41, 5.74) is 28.5. The summed E-state index contributed by atoms with van der Waals surface area (Å²) in [5.74, 6) is 3.91. The minimum absolute atomic E-state index is 0.188. The van der Waals surface area contributed by atoms with Gasteiger partial charge in [0, 0.05) is 67.3 Å². The maximum absolute atomic E-state index is 2.51. The smallest absolute Gasteiger partial charge is 0.201 e. The van der Waals surface area contributed by atoms with Crippen LogP contribution in [0.3, 0.4) is 0 Å². The molecule has 0 aliphatic heterocycles. The van der Waals surface area contributed by atoms with E-state index in [-0.39, 0.29) is 5.41 Å². The van der Waals surface area contributed by atoms with Crippen molar-refractivity contribution in [1.82, 2.24) is 0 Å². The minimum Gasteiger partial charge on any atom is -0.201 e. The van der Waals surface area contributed by atoms with Crippen LogP contribution in [-0.4, -0.2) is 32.3 Å². The first-order valence-electron chi connectivity index (χ1n) is 40.8. The Hall–Kier alpha value is -5.65. The van der Waals surface area contributed by atoms with E-state index in [2.05, 4.69) is 385 Å². The van der Waals surface area contributed by atoms with Crippen molar-refractivity contribution in [3.05, 3.63) is 189 Å². The normalized spacial score (nSPS) is 12.3. The van der Waals surface area contributed by atoms with E-state index in [0.717, 1.165) is 6.42 Å². The highest BCUT2D eigenvalue weighted by Crippen LogP contribution is 2.35. The molecule has 0 bridgehead atoms. The van der Waals surface area contributed by atoms with E-state index in [1.54, 1.807) is 43.0 Å². The molecule has 0 saturated heterocycles. The summed E-state index contributed by atoms with van der Waals surface area (Å²) >= 11 is 0. The van der Waals surface area contributed by atoms with Gasteiger partial charge in [0.15, 0.2) is 24.8 Å². The van der Waals surface area contributed by atoms with Gasteiger partial charge >= 0.3 is 0 Å². The Kier molecular flexibility index (Phi) is 32.0. The van der Waals surface area contributed by atoms with Gasteiger partial charge in [-0.15, -0.1) is 0 Å². The number of hydrogen-bond acceptors (Lipinski definition) is 0. The third kappa shape index (κ3) is 22.7. The molecule has 0 spiro atoms. The van der Waals surface area contributed by atoms with Gasteiger partial charge in [-0.2, -0.15) is 0 Å². The summed E-state index contributed by atoms with van der Waals surface area (Å²) in [5, 5.41) is 6.48. The number of aryl methyl sites for hydroxylation is 9. The SMILES string of the molecule is CCC(CC)c1cc(-c2ccc(C(C)(C)C)cc2C)[n+](C)cc1[Si](C)(C)C.CCC(CC)c1cc(-c2ccc(C(C)C)cc2C)[n+](C)cc1[Si](C)(C)C.CCC(CC)c1cc(-c2ccc(C)cc2C)[n+](C)cc1[Si](C)(C)C.CCC(CC)c1cc(-c2ccc(CC(C)C)cc2C)[n+](C)cc1[Si](C)(C)C. The first-order valence-corrected chi connectivity index (χ1v) is 54.8. The largest absolute Gasteiger partial charge is 0.212 e. The lowest BCUT2D eigenvalue weighted by Crippen LogP contribution is -2.47. The zero-order valence-corrected chi connectivity index (χ0v) is 77.7. The van der Waals surface area contributed by atoms with Crippen molar-refractivity contribution in [2.45, 2.75) is 310 Å². The molecule has 0 aliphatic carbocycles. The topological polar surface area (TPSA) is 15.5 Å². The van der Waals surface area contributed by atoms with Gasteiger partial charge in [0.1, 0.15) is 28.2 Å². The molecule has 0 unspecified atom stereocenters. The van der Waals surface area contributed by atoms with E-state index in [4.69, 9.17) is 0 Å². The fraction of sp³-hybridized carbons (Fsp3) is 0.542. The van der Waals surface area contributed by atoms with E-state index in [0.29, 0.717) is 35.5 Å². The number of nitrogens with zero attached hydrogens (tertiary/aromatic N) is 4. The molecule has 0 amide bonds. The second-order valence-electron chi connectivity index (χ2n) is 37.2. The first-order chi connectivity index (χ1) is 48.3. The molecule has 8 heteroatoms. The van der Waals surface area contributed by atoms with Gasteiger partial charge in [0.05, 0.1) is 32.3 Å². The van der Waals surface area contributed by atoms with Crippen LogP contribution >= 0.6 is 0 Å². The van der Waals surface area contributed by atoms with E-state index in [1.807, 2.05) is 0 Å². The molecule has 4 aromatic carbocycles. The molecule has 0 N–H and O–H groups in total. The van der Waals surface area contributed by atoms with Gasteiger partial charge in [-0.05, 0) is 219 Å². The summed E-state index contributed by atoms with van der Waals surface area (Å²) in [6.07, 6.45) is 20.6. The molecule has 0 radical (unpaired) electrons. The van der Waals surface area contributed by atoms with Crippen LogP contribution in [0.4, 0.5) is 0 Å². The van der Waals surface area contributed by atoms with Crippen LogP contribution in [0.15, 0.2) is 122 Å². The number of rotatable bonds is 23. The maximum atomic E-state index is 2.51. The van der Waals surface area contributed by atoms with Gasteiger partial charge in [-0.25, -0.2) is 18.3 Å². The summed E-state index contributed by atoms with van der Waals surface area (Å²) in [4.78, 5) is 0. The summed E-state index contributed by atoms with van der Waals surface area (Å²) in [6, 6.07) is 37.9. The van der Waals surface area contributed by atoms with Crippen molar-refractivity contribution in [2.24, 2.45) is 34.1 Å². The number of benzene rings is 4. The fourth-order valence-electron chi connectivity index (χ4n) is 16.0. The van der Waals surface area contributed by atoms with E-state index >= 15 is 0 Å². The molecule has 8 rings (SSSR count). The van der Waals surface area contributed by atoms with Gasteiger partial charge in [0.25, 0.3) is 0 Å². The molecular formula is C96H152N4Si4+4. The molecule has 0 aliphatic rings. The Balaban J connectivity index is 0.000000249. The third-order valence-corrected chi connectivity index (χ3v) is 30.7. The lowest BCUT2D eigenvalue weighted by Gasteiger charge is -2.25. The minimum atomic E-state index is -1.40. The molecular weight excluding hydrogens is 1320 g/mol. The summed E-state index contributed by atoms with van der Waals surface area (Å²) in [6.45, 7) is 75.4. The Labute approximate surface area is 644 Å². The monoisotopic (exact) mass is 1470 g/mol. The van der Waals surface area contributed by atoms with Crippen LogP contribution in [0.2, 0.25) is 78.6 Å². The van der Waals surface area contributed by atoms with Crippen molar-refractivity contribution in [3.63, 3.8) is 0 Å². The second kappa shape index (κ2) is 37.4. The van der Waals surface area contributed by atoms with Crippen LogP contribution in [0.1, 0.15) is 252 Å². The van der Waals surface area contributed by atoms with Crippen LogP contribution in [0, 0.1) is 40.5 Å². The average Bonchev–Trinajstić information content (AvgIpc) is 0.790. The van der Waals surface area contributed by atoms with E-state index in [1.165, 1.54) is 141 Å². The molecule has 0 saturated carbocycles. The molecule has 4 aromatic heterocycles. The van der Waals surface area contributed by atoms with Crippen LogP contribution in [-0.2, 0) is 40.0 Å². The Bertz CT molecular complexity index is 4140. The predicted molar refractivity (Wildman–Crippen MR) is 472 cm³/mol. The standard InChI is InChI=1S/2C25H40NSi.C24H38NSi.C22H34NSi/c1-11-19(12-2)22-16-23(26(7)17-24(22)27(8,9)10)21-14-13-20(15-18(21)3)25(4,5)6;1-10-21(11-2)23-16-24(26(6)17-25(23)27(7,8)9)22-13-12-20(14-18(3)4)15-19(22)5;1-10-19(11-2)22-15-23(25(6)16-24(22)26(7,8)9)21-13-12-20(17(3)4)14-18(21)5;1-9-18(10-2)20-14-21(19-12-11-16(3)13-17(19)4)23(5)15-22(20)24(6,7)8/h13-17,19H,11-12H2,1-10H3;12-13,15-18,21H,10-11,14H2,1-9H3;12-17,19H,10-11H2,1-9H3;11-15,18H,9-10H2,1-8H3/q4*+1. The molecule has 8 aromatic rings. The van der Waals surface area contributed by atoms with Gasteiger partial charge in [0.2, 0.25) is 22.8 Å². The Morgan fingerprint density at radius 1 is 0.327 bits per heavy atom. The highest BCUT2D eigenvalue weighted by molar-refractivity contribution is 6.90. The first kappa shape index (κ1) is 89.0. The molecule has 0 atom stereocenters. The summed E-state index contributed by atoms with van der Waals surface area (Å²) in [7, 11) is 3.31. The highest BCUT2D eigenvalue weighted by Gasteiger charge is 2.34. The average molecular weight is 1470 g/mol. The lowest BCUT2D eigenvalue weighted by molar-refractivity contribution is -0.659. The highest BCUT2D eigenvalue weighted by atomic mass is 28.3. The molecule has 0 fully saturated rings. The van der Waals surface area contributed by atoms with Crippen molar-refractivity contribution in [3.8, 4) is 45.0 Å². The Morgan fingerprint density at radius 2 is 0.596 bits per heavy atom. The zero-order valence-electron chi connectivity index (χ0n) is 73.7. The van der Waals surface area contributed by atoms with Crippen molar-refractivity contribution in [1.29, 1.82) is 0 Å². The van der Waals surface area contributed by atoms with E-state index in [9.17, 15) is 0 Å². The van der Waals surface area contributed by atoms with Gasteiger partial charge < -0.3 is 0 Å². The molecule has 4 nitrogen and oxygen atoms in total. The zero-order chi connectivity index (χ0) is 78.6. The van der Waals surface area contributed by atoms with Crippen molar-refractivity contribution >= 4 is 53.0 Å². The van der Waals surface area contributed by atoms with Gasteiger partial charge in [-0.3, -0.25) is 0 Å². The quantitative estimate of drug-likeness (QED) is 0.0448. The third-order valence-electron chi connectivity index (χ3n) is 22.6. The molecule has 104 heavy (non-hydrogen) atoms. The fourth-order valence-corrected chi connectivity index (χ4v) is 22.9.